The SMILES string of the molecule is COc1ccc(C(OC[C@H]2O[C@@H](n3nc(C#CC(COC(C)=O)COC(C)=O)c4c(N=CN(C)C)ncnc43)C[C@H]2OP(OCCC#N)N(C(C)C)C(C)C)(c2ccccc2)c2ccc(OC)cc2)cc1. The van der Waals surface area contributed by atoms with E-state index in [0.29, 0.717) is 28.4 Å². The first-order valence-electron chi connectivity index (χ1n) is 23.3. The lowest BCUT2D eigenvalue weighted by Gasteiger charge is -2.39. The van der Waals surface area contributed by atoms with E-state index >= 15 is 0 Å². The van der Waals surface area contributed by atoms with Crippen molar-refractivity contribution in [3.05, 3.63) is 108 Å². The van der Waals surface area contributed by atoms with Crippen LogP contribution < -0.4 is 9.47 Å². The fourth-order valence-corrected chi connectivity index (χ4v) is 9.81. The number of ether oxygens (including phenoxy) is 6. The third-order valence-electron chi connectivity index (χ3n) is 11.2. The standard InChI is InChI=1S/C52H63N8O10P/c1-35(2)60(36(3)4)71(68-28-14-27-53)70-46-29-48(59-51-49(50(54-33-55-51)56-34-58(7)8)45(57-59)26-17-39(30-65-37(5)61)31-66-38(6)62)69-47(46)32-67-52(40-15-12-11-13-16-40,41-18-22-43(63-9)23-19-41)42-20-24-44(64-10)25-21-42/h11-13,15-16,18-25,33-36,39,46-48H,14,28-32H2,1-10H3/t46-,47-,48-,71?/m1/s1. The molecule has 1 saturated heterocycles. The van der Waals surface area contributed by atoms with Gasteiger partial charge in [0.1, 0.15) is 48.4 Å². The van der Waals surface area contributed by atoms with E-state index in [9.17, 15) is 14.9 Å². The zero-order valence-electron chi connectivity index (χ0n) is 42.0. The molecule has 376 valence electrons. The monoisotopic (exact) mass is 990 g/mol. The molecule has 1 aliphatic heterocycles. The van der Waals surface area contributed by atoms with Crippen LogP contribution in [-0.2, 0) is 43.2 Å². The second kappa shape index (κ2) is 25.6. The molecule has 2 aromatic heterocycles. The predicted octanol–water partition coefficient (Wildman–Crippen LogP) is 8.12. The van der Waals surface area contributed by atoms with E-state index in [1.807, 2.05) is 93.0 Å². The summed E-state index contributed by atoms with van der Waals surface area (Å²) in [4.78, 5) is 39.3. The Morgan fingerprint density at radius 2 is 1.49 bits per heavy atom. The van der Waals surface area contributed by atoms with Gasteiger partial charge in [0.05, 0.1) is 63.7 Å². The van der Waals surface area contributed by atoms with E-state index in [4.69, 9.17) is 47.6 Å². The van der Waals surface area contributed by atoms with E-state index in [-0.39, 0.29) is 57.0 Å². The maximum atomic E-state index is 11.8. The van der Waals surface area contributed by atoms with Gasteiger partial charge in [0.25, 0.3) is 8.53 Å². The van der Waals surface area contributed by atoms with Crippen LogP contribution in [0, 0.1) is 29.1 Å². The van der Waals surface area contributed by atoms with Gasteiger partial charge < -0.3 is 42.4 Å². The summed E-state index contributed by atoms with van der Waals surface area (Å²) in [6.07, 6.45) is 1.23. The molecule has 1 unspecified atom stereocenters. The third-order valence-corrected chi connectivity index (χ3v) is 13.4. The minimum absolute atomic E-state index is 0.00600. The van der Waals surface area contributed by atoms with Gasteiger partial charge in [0.2, 0.25) is 0 Å². The van der Waals surface area contributed by atoms with Crippen molar-refractivity contribution in [2.45, 2.75) is 90.5 Å². The molecule has 3 heterocycles. The third kappa shape index (κ3) is 13.7. The van der Waals surface area contributed by atoms with E-state index in [0.717, 1.165) is 16.7 Å². The zero-order valence-corrected chi connectivity index (χ0v) is 42.9. The Kier molecular flexibility index (Phi) is 19.4. The summed E-state index contributed by atoms with van der Waals surface area (Å²) >= 11 is 0. The number of aromatic nitrogens is 4. The summed E-state index contributed by atoms with van der Waals surface area (Å²) in [6.45, 7) is 10.8. The Hall–Kier alpha value is -6.50. The minimum atomic E-state index is -1.75. The predicted molar refractivity (Wildman–Crippen MR) is 268 cm³/mol. The van der Waals surface area contributed by atoms with Crippen molar-refractivity contribution < 1.29 is 47.1 Å². The van der Waals surface area contributed by atoms with Gasteiger partial charge >= 0.3 is 11.9 Å². The van der Waals surface area contributed by atoms with E-state index < -0.39 is 50.4 Å². The molecule has 19 heteroatoms. The topological polar surface area (TPSA) is 194 Å². The van der Waals surface area contributed by atoms with Gasteiger partial charge in [0, 0.05) is 46.4 Å². The van der Waals surface area contributed by atoms with Crippen molar-refractivity contribution in [1.82, 2.24) is 29.3 Å². The van der Waals surface area contributed by atoms with Gasteiger partial charge in [-0.05, 0) is 74.6 Å². The molecule has 0 aliphatic carbocycles. The minimum Gasteiger partial charge on any atom is -0.497 e. The number of esters is 2. The normalized spacial score (nSPS) is 16.3. The van der Waals surface area contributed by atoms with Crippen LogP contribution in [-0.4, -0.2) is 127 Å². The molecule has 1 fully saturated rings. The van der Waals surface area contributed by atoms with Crippen LogP contribution in [0.25, 0.3) is 11.0 Å². The maximum absolute atomic E-state index is 11.8. The number of hydrogen-bond acceptors (Lipinski definition) is 16. The molecule has 0 saturated carbocycles. The number of aliphatic imine (C=N–C) groups is 1. The van der Waals surface area contributed by atoms with Gasteiger partial charge in [-0.1, -0.05) is 60.5 Å². The van der Waals surface area contributed by atoms with Crippen LogP contribution >= 0.6 is 8.53 Å². The van der Waals surface area contributed by atoms with Crippen molar-refractivity contribution in [1.29, 1.82) is 5.26 Å². The van der Waals surface area contributed by atoms with E-state index in [2.05, 4.69) is 60.3 Å². The van der Waals surface area contributed by atoms with Crippen LogP contribution in [0.1, 0.15) is 83.0 Å². The van der Waals surface area contributed by atoms with Crippen LogP contribution in [0.2, 0.25) is 0 Å². The summed E-state index contributed by atoms with van der Waals surface area (Å²) in [5.74, 6) is 6.20. The number of nitrogens with zero attached hydrogens (tertiary/aromatic N) is 8. The fourth-order valence-electron chi connectivity index (χ4n) is 8.05. The number of hydrogen-bond donors (Lipinski definition) is 0. The van der Waals surface area contributed by atoms with Gasteiger partial charge in [-0.15, -0.1) is 0 Å². The molecule has 3 aromatic carbocycles. The molecule has 0 radical (unpaired) electrons. The van der Waals surface area contributed by atoms with Crippen molar-refractivity contribution in [2.75, 3.05) is 54.7 Å². The number of carbonyl (C=O) groups is 2. The molecular weight excluding hydrogens is 928 g/mol. The molecule has 18 nitrogen and oxygen atoms in total. The van der Waals surface area contributed by atoms with Crippen LogP contribution in [0.15, 0.2) is 90.2 Å². The van der Waals surface area contributed by atoms with Crippen molar-refractivity contribution in [2.24, 2.45) is 10.9 Å². The largest absolute Gasteiger partial charge is 0.497 e. The van der Waals surface area contributed by atoms with Gasteiger partial charge in [-0.3, -0.25) is 9.59 Å². The lowest BCUT2D eigenvalue weighted by Crippen LogP contribution is -2.39. The second-order valence-corrected chi connectivity index (χ2v) is 18.7. The van der Waals surface area contributed by atoms with Gasteiger partial charge in [0.15, 0.2) is 17.7 Å². The molecule has 5 aromatic rings. The number of carbonyl (C=O) groups excluding carboxylic acids is 2. The highest BCUT2D eigenvalue weighted by molar-refractivity contribution is 7.44. The summed E-state index contributed by atoms with van der Waals surface area (Å²) in [7, 11) is 5.18. The maximum Gasteiger partial charge on any atom is 0.302 e. The van der Waals surface area contributed by atoms with Gasteiger partial charge in [-0.25, -0.2) is 24.3 Å². The van der Waals surface area contributed by atoms with E-state index in [1.54, 1.807) is 30.1 Å². The Labute approximate surface area is 417 Å². The lowest BCUT2D eigenvalue weighted by molar-refractivity contribution is -0.144. The van der Waals surface area contributed by atoms with Crippen LogP contribution in [0.3, 0.4) is 0 Å². The van der Waals surface area contributed by atoms with Gasteiger partial charge in [-0.2, -0.15) is 10.4 Å². The summed E-state index contributed by atoms with van der Waals surface area (Å²) in [5, 5.41) is 15.0. The Balaban J connectivity index is 1.51. The number of fused-ring (bicyclic) bond motifs is 1. The lowest BCUT2D eigenvalue weighted by atomic mass is 9.80. The molecule has 0 N–H and O–H groups in total. The molecule has 6 rings (SSSR count). The van der Waals surface area contributed by atoms with Crippen molar-refractivity contribution >= 4 is 43.7 Å². The molecule has 0 amide bonds. The van der Waals surface area contributed by atoms with Crippen LogP contribution in [0.4, 0.5) is 5.82 Å². The fraction of sp³-hybridized carbons (Fsp3) is 0.442. The Morgan fingerprint density at radius 1 is 0.901 bits per heavy atom. The first-order chi connectivity index (χ1) is 34.2. The highest BCUT2D eigenvalue weighted by Crippen LogP contribution is 2.51. The molecule has 0 spiro atoms. The molecule has 0 bridgehead atoms. The molecular formula is C52H63N8O10P. The summed E-state index contributed by atoms with van der Waals surface area (Å²) in [6, 6.07) is 27.8. The van der Waals surface area contributed by atoms with E-state index in [1.165, 1.54) is 20.2 Å². The Morgan fingerprint density at radius 3 is 2.03 bits per heavy atom. The first-order valence-corrected chi connectivity index (χ1v) is 24.4. The zero-order chi connectivity index (χ0) is 51.1. The smallest absolute Gasteiger partial charge is 0.302 e. The quantitative estimate of drug-likeness (QED) is 0.0116. The van der Waals surface area contributed by atoms with Crippen LogP contribution in [0.5, 0.6) is 11.5 Å². The number of benzene rings is 3. The van der Waals surface area contributed by atoms with Crippen molar-refractivity contribution in [3.8, 4) is 29.4 Å². The molecule has 1 aliphatic rings. The number of rotatable bonds is 23. The highest BCUT2D eigenvalue weighted by Gasteiger charge is 2.46. The molecule has 71 heavy (non-hydrogen) atoms. The Bertz CT molecular complexity index is 2590. The average molecular weight is 991 g/mol. The highest BCUT2D eigenvalue weighted by atomic mass is 31.2. The van der Waals surface area contributed by atoms with Crippen molar-refractivity contribution in [3.63, 3.8) is 0 Å². The first kappa shape index (κ1) is 53.8. The number of nitriles is 1. The summed E-state index contributed by atoms with van der Waals surface area (Å²) in [5.41, 5.74) is 1.98. The summed E-state index contributed by atoms with van der Waals surface area (Å²) < 4.78 is 53.7. The number of methoxy groups -OCH3 is 2. The average Bonchev–Trinajstić information content (AvgIpc) is 3.94. The molecule has 4 atom stereocenters. The second-order valence-electron chi connectivity index (χ2n) is 17.3.